The highest BCUT2D eigenvalue weighted by Crippen LogP contribution is 2.41. The van der Waals surface area contributed by atoms with E-state index in [1.165, 1.54) is 77.1 Å². The summed E-state index contributed by atoms with van der Waals surface area (Å²) in [6.07, 6.45) is 0. The molecule has 0 bridgehead atoms. The van der Waals surface area contributed by atoms with E-state index >= 15 is 0 Å². The van der Waals surface area contributed by atoms with Gasteiger partial charge in [0.1, 0.15) is 5.65 Å². The highest BCUT2D eigenvalue weighted by atomic mass is 15.1. The Bertz CT molecular complexity index is 2460. The Labute approximate surface area is 243 Å². The summed E-state index contributed by atoms with van der Waals surface area (Å²) < 4.78 is 7.12. The molecule has 0 saturated carbocycles. The zero-order valence-corrected chi connectivity index (χ0v) is 23.2. The summed E-state index contributed by atoms with van der Waals surface area (Å²) in [5.41, 5.74) is 10.9. The van der Waals surface area contributed by atoms with Gasteiger partial charge in [-0.2, -0.15) is 0 Å². The quantitative estimate of drug-likeness (QED) is 0.213. The molecule has 3 heteroatoms. The van der Waals surface area contributed by atoms with E-state index in [1.54, 1.807) is 0 Å². The number of nitrogens with zero attached hydrogens (tertiary/aromatic N) is 3. The van der Waals surface area contributed by atoms with E-state index in [0.29, 0.717) is 0 Å². The third-order valence-electron chi connectivity index (χ3n) is 8.83. The second kappa shape index (κ2) is 8.73. The van der Waals surface area contributed by atoms with Crippen molar-refractivity contribution in [3.63, 3.8) is 0 Å². The zero-order valence-electron chi connectivity index (χ0n) is 23.2. The fourth-order valence-electron chi connectivity index (χ4n) is 6.98. The fourth-order valence-corrected chi connectivity index (χ4v) is 6.98. The molecule has 0 N–H and O–H groups in total. The van der Waals surface area contributed by atoms with E-state index in [4.69, 9.17) is 0 Å². The summed E-state index contributed by atoms with van der Waals surface area (Å²) in [7, 11) is 2.18. The number of aromatic nitrogens is 3. The van der Waals surface area contributed by atoms with E-state index in [0.717, 1.165) is 0 Å². The first-order valence-electron chi connectivity index (χ1n) is 14.4. The third-order valence-corrected chi connectivity index (χ3v) is 8.83. The van der Waals surface area contributed by atoms with Gasteiger partial charge in [0.2, 0.25) is 0 Å². The Kier molecular flexibility index (Phi) is 4.82. The van der Waals surface area contributed by atoms with Gasteiger partial charge >= 0.3 is 0 Å². The van der Waals surface area contributed by atoms with Crippen molar-refractivity contribution in [1.29, 1.82) is 0 Å². The Balaban J connectivity index is 1.33. The number of rotatable bonds is 3. The molecule has 0 unspecified atom stereocenters. The van der Waals surface area contributed by atoms with Crippen LogP contribution in [0.15, 0.2) is 146 Å². The molecule has 198 valence electrons. The van der Waals surface area contributed by atoms with E-state index < -0.39 is 0 Å². The second-order valence-electron chi connectivity index (χ2n) is 11.1. The molecule has 3 heterocycles. The smallest absolute Gasteiger partial charge is 0.126 e. The third kappa shape index (κ3) is 3.16. The number of benzene rings is 6. The van der Waals surface area contributed by atoms with Gasteiger partial charge in [-0.05, 0) is 71.8 Å². The van der Waals surface area contributed by atoms with Crippen molar-refractivity contribution < 1.29 is 0 Å². The van der Waals surface area contributed by atoms with Crippen LogP contribution in [0.25, 0.3) is 77.1 Å². The Morgan fingerprint density at radius 1 is 0.381 bits per heavy atom. The van der Waals surface area contributed by atoms with Gasteiger partial charge in [0.05, 0.1) is 22.1 Å². The summed E-state index contributed by atoms with van der Waals surface area (Å²) >= 11 is 0. The summed E-state index contributed by atoms with van der Waals surface area (Å²) in [6.45, 7) is 0. The predicted molar refractivity (Wildman–Crippen MR) is 177 cm³/mol. The maximum absolute atomic E-state index is 2.41. The van der Waals surface area contributed by atoms with Gasteiger partial charge in [0.15, 0.2) is 0 Å². The maximum atomic E-state index is 2.41. The molecule has 0 spiro atoms. The van der Waals surface area contributed by atoms with Crippen molar-refractivity contribution in [2.24, 2.45) is 7.05 Å². The van der Waals surface area contributed by atoms with Crippen molar-refractivity contribution in [3.05, 3.63) is 146 Å². The highest BCUT2D eigenvalue weighted by molar-refractivity contribution is 6.22. The van der Waals surface area contributed by atoms with Crippen molar-refractivity contribution >= 4 is 54.6 Å². The normalized spacial score (nSPS) is 11.9. The van der Waals surface area contributed by atoms with Crippen LogP contribution in [-0.4, -0.2) is 13.7 Å². The molecule has 0 atom stereocenters. The Morgan fingerprint density at radius 2 is 0.881 bits per heavy atom. The van der Waals surface area contributed by atoms with Crippen LogP contribution in [0.2, 0.25) is 0 Å². The van der Waals surface area contributed by atoms with Gasteiger partial charge in [-0.25, -0.2) is 0 Å². The lowest BCUT2D eigenvalue weighted by atomic mass is 10.0. The number of hydrogen-bond acceptors (Lipinski definition) is 0. The molecule has 0 radical (unpaired) electrons. The molecule has 0 aliphatic heterocycles. The lowest BCUT2D eigenvalue weighted by Gasteiger charge is -2.10. The molecule has 6 aromatic carbocycles. The van der Waals surface area contributed by atoms with E-state index in [2.05, 4.69) is 166 Å². The van der Waals surface area contributed by atoms with Crippen molar-refractivity contribution in [1.82, 2.24) is 13.7 Å². The molecule has 9 aromatic rings. The topological polar surface area (TPSA) is 14.8 Å². The molecule has 0 aliphatic rings. The van der Waals surface area contributed by atoms with Crippen molar-refractivity contribution in [2.75, 3.05) is 0 Å². The maximum Gasteiger partial charge on any atom is 0.126 e. The summed E-state index contributed by atoms with van der Waals surface area (Å²) in [5, 5.41) is 6.40. The molecule has 9 rings (SSSR count). The van der Waals surface area contributed by atoms with E-state index in [1.807, 2.05) is 0 Å². The average Bonchev–Trinajstić information content (AvgIpc) is 3.67. The largest absolute Gasteiger partial charge is 0.329 e. The minimum atomic E-state index is 1.17. The summed E-state index contributed by atoms with van der Waals surface area (Å²) in [6, 6.07) is 52.7. The first kappa shape index (κ1) is 23.2. The molecular weight excluding hydrogens is 510 g/mol. The highest BCUT2D eigenvalue weighted by Gasteiger charge is 2.20. The minimum Gasteiger partial charge on any atom is -0.329 e. The number of hydrogen-bond donors (Lipinski definition) is 0. The van der Waals surface area contributed by atoms with Crippen LogP contribution in [0, 0.1) is 0 Å². The standard InChI is InChI=1S/C39H27N3/c1-40-34-18-10-9-17-31(34)38-33-25-27(21-23-37(33)42(39(38)40)29-14-6-3-7-15-29)26-20-22-36-32(24-26)30-16-8-11-19-35(30)41(36)28-12-4-2-5-13-28/h2-25H,1H3. The monoisotopic (exact) mass is 537 g/mol. The molecule has 0 fully saturated rings. The van der Waals surface area contributed by atoms with Gasteiger partial charge in [0.25, 0.3) is 0 Å². The van der Waals surface area contributed by atoms with Gasteiger partial charge in [0, 0.05) is 45.4 Å². The van der Waals surface area contributed by atoms with Crippen LogP contribution in [0.4, 0.5) is 0 Å². The molecule has 0 saturated heterocycles. The summed E-state index contributed by atoms with van der Waals surface area (Å²) in [4.78, 5) is 0. The van der Waals surface area contributed by atoms with Crippen molar-refractivity contribution in [3.8, 4) is 22.5 Å². The predicted octanol–water partition coefficient (Wildman–Crippen LogP) is 10.0. The molecule has 42 heavy (non-hydrogen) atoms. The van der Waals surface area contributed by atoms with Crippen molar-refractivity contribution in [2.45, 2.75) is 0 Å². The number of fused-ring (bicyclic) bond motifs is 8. The van der Waals surface area contributed by atoms with Crippen LogP contribution in [0.5, 0.6) is 0 Å². The van der Waals surface area contributed by atoms with E-state index in [9.17, 15) is 0 Å². The Morgan fingerprint density at radius 3 is 1.57 bits per heavy atom. The van der Waals surface area contributed by atoms with Crippen LogP contribution in [0.1, 0.15) is 0 Å². The average molecular weight is 538 g/mol. The minimum absolute atomic E-state index is 1.17. The van der Waals surface area contributed by atoms with Crippen LogP contribution >= 0.6 is 0 Å². The van der Waals surface area contributed by atoms with Gasteiger partial charge < -0.3 is 9.13 Å². The molecule has 0 aliphatic carbocycles. The first-order valence-corrected chi connectivity index (χ1v) is 14.4. The van der Waals surface area contributed by atoms with Crippen LogP contribution in [0.3, 0.4) is 0 Å². The van der Waals surface area contributed by atoms with E-state index in [-0.39, 0.29) is 0 Å². The lowest BCUT2D eigenvalue weighted by molar-refractivity contribution is 0.962. The molecular formula is C39H27N3. The molecule has 3 aromatic heterocycles. The second-order valence-corrected chi connectivity index (χ2v) is 11.1. The van der Waals surface area contributed by atoms with Gasteiger partial charge in [-0.1, -0.05) is 84.9 Å². The first-order chi connectivity index (χ1) is 20.8. The Hall–Kier alpha value is -5.54. The zero-order chi connectivity index (χ0) is 27.8. The van der Waals surface area contributed by atoms with Gasteiger partial charge in [-0.15, -0.1) is 0 Å². The SMILES string of the molecule is Cn1c2ccccc2c2c3cc(-c4ccc5c(c4)c4ccccc4n5-c4ccccc4)ccc3n(-c3ccccc3)c21. The fraction of sp³-hybridized carbons (Fsp3) is 0.0256. The van der Waals surface area contributed by atoms with Crippen LogP contribution in [-0.2, 0) is 7.05 Å². The molecule has 3 nitrogen and oxygen atoms in total. The summed E-state index contributed by atoms with van der Waals surface area (Å²) in [5.74, 6) is 0. The lowest BCUT2D eigenvalue weighted by Crippen LogP contribution is -1.98. The number of para-hydroxylation sites is 4. The van der Waals surface area contributed by atoms with Gasteiger partial charge in [-0.3, -0.25) is 4.57 Å². The molecule has 0 amide bonds. The van der Waals surface area contributed by atoms with Crippen LogP contribution < -0.4 is 0 Å². The number of aryl methyl sites for hydroxylation is 1.